The highest BCUT2D eigenvalue weighted by atomic mass is 16.5. The van der Waals surface area contributed by atoms with Crippen LogP contribution in [0.1, 0.15) is 84.0 Å². The minimum Gasteiger partial charge on any atom is -0.461 e. The van der Waals surface area contributed by atoms with Crippen LogP contribution < -0.4 is 0 Å². The number of hydrogen-bond acceptors (Lipinski definition) is 2. The molecule has 0 atom stereocenters. The van der Waals surface area contributed by atoms with E-state index in [4.69, 9.17) is 4.74 Å². The first-order valence-electron chi connectivity index (χ1n) is 9.39. The molecule has 0 saturated carbocycles. The maximum absolute atomic E-state index is 11.2. The smallest absolute Gasteiger partial charge is 0.306 e. The van der Waals surface area contributed by atoms with Crippen molar-refractivity contribution in [2.24, 2.45) is 0 Å². The molecule has 0 heterocycles. The minimum absolute atomic E-state index is 0.107. The van der Waals surface area contributed by atoms with Crippen LogP contribution in [0, 0.1) is 0 Å². The van der Waals surface area contributed by atoms with Gasteiger partial charge in [-0.3, -0.25) is 4.79 Å². The summed E-state index contributed by atoms with van der Waals surface area (Å²) >= 11 is 0. The Morgan fingerprint density at radius 3 is 2.00 bits per heavy atom. The molecule has 132 valence electrons. The van der Waals surface area contributed by atoms with Crippen LogP contribution in [0.15, 0.2) is 37.0 Å². The van der Waals surface area contributed by atoms with E-state index < -0.39 is 0 Å². The third-order valence-electron chi connectivity index (χ3n) is 3.72. The predicted molar refractivity (Wildman–Crippen MR) is 101 cm³/mol. The van der Waals surface area contributed by atoms with Crippen LogP contribution in [-0.4, -0.2) is 12.6 Å². The second-order valence-corrected chi connectivity index (χ2v) is 5.98. The first-order chi connectivity index (χ1) is 11.3. The Kier molecular flexibility index (Phi) is 17.7. The van der Waals surface area contributed by atoms with Crippen molar-refractivity contribution in [1.29, 1.82) is 0 Å². The standard InChI is InChI=1S/C21H36O2/c1-3-5-6-7-8-9-10-11-12-13-14-15-16-17-18-19-21(22)23-20-4-2/h4,10-13H,2-3,5-9,14-20H2,1H3/b11-10+,13-12+. The van der Waals surface area contributed by atoms with Crippen LogP contribution in [0.3, 0.4) is 0 Å². The largest absolute Gasteiger partial charge is 0.461 e. The number of carbonyl (C=O) groups is 1. The first-order valence-corrected chi connectivity index (χ1v) is 9.39. The Balaban J connectivity index is 3.27. The molecule has 0 aromatic carbocycles. The van der Waals surface area contributed by atoms with Gasteiger partial charge in [0.1, 0.15) is 6.61 Å². The van der Waals surface area contributed by atoms with Crippen molar-refractivity contribution in [1.82, 2.24) is 0 Å². The van der Waals surface area contributed by atoms with Crippen LogP contribution in [-0.2, 0) is 9.53 Å². The van der Waals surface area contributed by atoms with E-state index in [2.05, 4.69) is 37.8 Å². The van der Waals surface area contributed by atoms with Crippen molar-refractivity contribution >= 4 is 5.97 Å². The molecule has 0 bridgehead atoms. The lowest BCUT2D eigenvalue weighted by Gasteiger charge is -2.01. The molecule has 0 fully saturated rings. The Morgan fingerprint density at radius 2 is 1.43 bits per heavy atom. The molecule has 0 aromatic rings. The molecule has 0 aliphatic heterocycles. The number of esters is 1. The third kappa shape index (κ3) is 18.6. The van der Waals surface area contributed by atoms with Crippen molar-refractivity contribution in [3.8, 4) is 0 Å². The lowest BCUT2D eigenvalue weighted by Crippen LogP contribution is -2.03. The summed E-state index contributed by atoms with van der Waals surface area (Å²) in [5, 5.41) is 0. The van der Waals surface area contributed by atoms with Crippen LogP contribution in [0.4, 0.5) is 0 Å². The molecule has 0 radical (unpaired) electrons. The van der Waals surface area contributed by atoms with Crippen molar-refractivity contribution in [2.75, 3.05) is 6.61 Å². The minimum atomic E-state index is -0.107. The summed E-state index contributed by atoms with van der Waals surface area (Å²) in [6.07, 6.45) is 24.5. The predicted octanol–water partition coefficient (Wildman–Crippen LogP) is 6.53. The molecule has 0 aromatic heterocycles. The summed E-state index contributed by atoms with van der Waals surface area (Å²) in [6.45, 7) is 6.10. The lowest BCUT2D eigenvalue weighted by atomic mass is 10.1. The molecule has 0 N–H and O–H groups in total. The highest BCUT2D eigenvalue weighted by molar-refractivity contribution is 5.69. The SMILES string of the molecule is C=CCOC(=O)CCCCCC/C=C/C=C/CCCCCCC. The van der Waals surface area contributed by atoms with E-state index in [1.54, 1.807) is 6.08 Å². The van der Waals surface area contributed by atoms with E-state index in [0.29, 0.717) is 13.0 Å². The van der Waals surface area contributed by atoms with Crippen LogP contribution in [0.25, 0.3) is 0 Å². The summed E-state index contributed by atoms with van der Waals surface area (Å²) in [5.74, 6) is -0.107. The average Bonchev–Trinajstić information content (AvgIpc) is 2.56. The van der Waals surface area contributed by atoms with E-state index in [0.717, 1.165) is 19.3 Å². The van der Waals surface area contributed by atoms with Gasteiger partial charge in [-0.05, 0) is 32.1 Å². The number of hydrogen-bond donors (Lipinski definition) is 0. The second-order valence-electron chi connectivity index (χ2n) is 5.98. The molecule has 0 unspecified atom stereocenters. The van der Waals surface area contributed by atoms with Crippen LogP contribution in [0.2, 0.25) is 0 Å². The molecule has 0 aliphatic rings. The van der Waals surface area contributed by atoms with Crippen molar-refractivity contribution in [3.63, 3.8) is 0 Å². The van der Waals surface area contributed by atoms with Crippen molar-refractivity contribution in [3.05, 3.63) is 37.0 Å². The van der Waals surface area contributed by atoms with Gasteiger partial charge in [0, 0.05) is 6.42 Å². The van der Waals surface area contributed by atoms with Gasteiger partial charge in [-0.25, -0.2) is 0 Å². The Bertz CT molecular complexity index is 329. The molecule has 2 nitrogen and oxygen atoms in total. The summed E-state index contributed by atoms with van der Waals surface area (Å²) < 4.78 is 4.93. The fourth-order valence-corrected chi connectivity index (χ4v) is 2.32. The van der Waals surface area contributed by atoms with Gasteiger partial charge < -0.3 is 4.74 Å². The van der Waals surface area contributed by atoms with Gasteiger partial charge in [-0.2, -0.15) is 0 Å². The van der Waals surface area contributed by atoms with E-state index in [1.807, 2.05) is 0 Å². The summed E-state index contributed by atoms with van der Waals surface area (Å²) in [4.78, 5) is 11.2. The zero-order valence-electron chi connectivity index (χ0n) is 15.1. The van der Waals surface area contributed by atoms with Crippen LogP contribution >= 0.6 is 0 Å². The maximum atomic E-state index is 11.2. The third-order valence-corrected chi connectivity index (χ3v) is 3.72. The molecule has 23 heavy (non-hydrogen) atoms. The van der Waals surface area contributed by atoms with Gasteiger partial charge in [0.15, 0.2) is 0 Å². The average molecular weight is 321 g/mol. The second kappa shape index (κ2) is 18.7. The Morgan fingerprint density at radius 1 is 0.870 bits per heavy atom. The highest BCUT2D eigenvalue weighted by Gasteiger charge is 2.00. The van der Waals surface area contributed by atoms with E-state index >= 15 is 0 Å². The molecular weight excluding hydrogens is 284 g/mol. The van der Waals surface area contributed by atoms with Gasteiger partial charge >= 0.3 is 5.97 Å². The highest BCUT2D eigenvalue weighted by Crippen LogP contribution is 2.07. The number of ether oxygens (including phenoxy) is 1. The number of rotatable bonds is 16. The van der Waals surface area contributed by atoms with Gasteiger partial charge in [0.05, 0.1) is 0 Å². The molecule has 0 spiro atoms. The van der Waals surface area contributed by atoms with Gasteiger partial charge in [0.2, 0.25) is 0 Å². The zero-order valence-corrected chi connectivity index (χ0v) is 15.1. The van der Waals surface area contributed by atoms with E-state index in [9.17, 15) is 4.79 Å². The number of unbranched alkanes of at least 4 members (excludes halogenated alkanes) is 9. The van der Waals surface area contributed by atoms with Crippen molar-refractivity contribution in [2.45, 2.75) is 84.0 Å². The first kappa shape index (κ1) is 21.7. The topological polar surface area (TPSA) is 26.3 Å². The lowest BCUT2D eigenvalue weighted by molar-refractivity contribution is -0.142. The van der Waals surface area contributed by atoms with Gasteiger partial charge in [-0.1, -0.05) is 82.4 Å². The molecule has 0 rings (SSSR count). The zero-order chi connectivity index (χ0) is 17.0. The van der Waals surface area contributed by atoms with E-state index in [1.165, 1.54) is 51.4 Å². The molecule has 2 heteroatoms. The van der Waals surface area contributed by atoms with Gasteiger partial charge in [0.25, 0.3) is 0 Å². The number of allylic oxidation sites excluding steroid dienone is 4. The molecule has 0 aliphatic carbocycles. The summed E-state index contributed by atoms with van der Waals surface area (Å²) in [7, 11) is 0. The molecule has 0 amide bonds. The van der Waals surface area contributed by atoms with E-state index in [-0.39, 0.29) is 5.97 Å². The monoisotopic (exact) mass is 320 g/mol. The fourth-order valence-electron chi connectivity index (χ4n) is 2.32. The van der Waals surface area contributed by atoms with Crippen LogP contribution in [0.5, 0.6) is 0 Å². The summed E-state index contributed by atoms with van der Waals surface area (Å²) in [5.41, 5.74) is 0. The molecular formula is C21H36O2. The quantitative estimate of drug-likeness (QED) is 0.140. The Labute approximate surface area is 143 Å². The van der Waals surface area contributed by atoms with Crippen molar-refractivity contribution < 1.29 is 9.53 Å². The summed E-state index contributed by atoms with van der Waals surface area (Å²) in [6, 6.07) is 0. The molecule has 0 saturated heterocycles. The normalized spacial score (nSPS) is 11.3. The maximum Gasteiger partial charge on any atom is 0.306 e. The fraction of sp³-hybridized carbons (Fsp3) is 0.667. The number of carbonyl (C=O) groups excluding carboxylic acids is 1. The van der Waals surface area contributed by atoms with Gasteiger partial charge in [-0.15, -0.1) is 0 Å². The Hall–Kier alpha value is -1.31.